The highest BCUT2D eigenvalue weighted by atomic mass is 16.5. The van der Waals surface area contributed by atoms with Crippen molar-refractivity contribution in [1.82, 2.24) is 15.1 Å². The molecular weight excluding hydrogens is 354 g/mol. The van der Waals surface area contributed by atoms with Gasteiger partial charge in [-0.15, -0.1) is 0 Å². The number of hydrogen-bond acceptors (Lipinski definition) is 4. The third-order valence-corrected chi connectivity index (χ3v) is 6.26. The van der Waals surface area contributed by atoms with Crippen LogP contribution in [0.5, 0.6) is 5.75 Å². The van der Waals surface area contributed by atoms with Crippen molar-refractivity contribution in [1.29, 1.82) is 0 Å². The van der Waals surface area contributed by atoms with Gasteiger partial charge in [0.2, 0.25) is 5.91 Å². The predicted molar refractivity (Wildman–Crippen MR) is 110 cm³/mol. The van der Waals surface area contributed by atoms with Crippen molar-refractivity contribution >= 4 is 11.8 Å². The number of rotatable bonds is 5. The molecule has 0 aromatic heterocycles. The molecule has 6 nitrogen and oxygen atoms in total. The summed E-state index contributed by atoms with van der Waals surface area (Å²) in [5, 5.41) is 3.38. The summed E-state index contributed by atoms with van der Waals surface area (Å²) >= 11 is 0. The maximum Gasteiger partial charge on any atom is 0.254 e. The van der Waals surface area contributed by atoms with Crippen LogP contribution in [0, 0.1) is 18.8 Å². The van der Waals surface area contributed by atoms with E-state index in [-0.39, 0.29) is 11.8 Å². The molecule has 2 heterocycles. The van der Waals surface area contributed by atoms with Gasteiger partial charge in [0.25, 0.3) is 5.91 Å². The number of benzene rings is 1. The number of carbonyl (C=O) groups excluding carboxylic acids is 2. The zero-order valence-electron chi connectivity index (χ0n) is 17.4. The van der Waals surface area contributed by atoms with Gasteiger partial charge in [-0.1, -0.05) is 13.0 Å². The Kier molecular flexibility index (Phi) is 6.94. The van der Waals surface area contributed by atoms with E-state index in [9.17, 15) is 9.59 Å². The largest absolute Gasteiger partial charge is 0.496 e. The van der Waals surface area contributed by atoms with Crippen LogP contribution in [0.3, 0.4) is 0 Å². The molecule has 28 heavy (non-hydrogen) atoms. The minimum atomic E-state index is 0.00785. The number of hydrogen-bond donors (Lipinski definition) is 1. The lowest BCUT2D eigenvalue weighted by molar-refractivity contribution is -0.134. The van der Waals surface area contributed by atoms with Crippen LogP contribution in [-0.4, -0.2) is 68.0 Å². The lowest BCUT2D eigenvalue weighted by atomic mass is 9.84. The van der Waals surface area contributed by atoms with Gasteiger partial charge in [-0.3, -0.25) is 9.59 Å². The number of piperidine rings is 1. The molecule has 2 saturated heterocycles. The zero-order valence-corrected chi connectivity index (χ0v) is 17.4. The Morgan fingerprint density at radius 3 is 2.43 bits per heavy atom. The van der Waals surface area contributed by atoms with E-state index in [1.165, 1.54) is 0 Å². The van der Waals surface area contributed by atoms with Gasteiger partial charge in [0.05, 0.1) is 7.11 Å². The summed E-state index contributed by atoms with van der Waals surface area (Å²) in [6.07, 6.45) is 2.95. The predicted octanol–water partition coefficient (Wildman–Crippen LogP) is 2.31. The molecule has 1 aromatic carbocycles. The molecule has 1 atom stereocenters. The van der Waals surface area contributed by atoms with Gasteiger partial charge >= 0.3 is 0 Å². The average Bonchev–Trinajstić information content (AvgIpc) is 2.74. The van der Waals surface area contributed by atoms with E-state index >= 15 is 0 Å². The summed E-state index contributed by atoms with van der Waals surface area (Å²) in [5.74, 6) is 2.04. The maximum absolute atomic E-state index is 12.8. The number of nitrogens with zero attached hydrogens (tertiary/aromatic N) is 2. The van der Waals surface area contributed by atoms with Crippen LogP contribution in [0.1, 0.15) is 42.1 Å². The molecule has 0 radical (unpaired) electrons. The van der Waals surface area contributed by atoms with Gasteiger partial charge in [0, 0.05) is 38.2 Å². The Labute approximate surface area is 168 Å². The highest BCUT2D eigenvalue weighted by molar-refractivity contribution is 5.95. The Hall–Kier alpha value is -2.08. The Bertz CT molecular complexity index is 692. The number of ether oxygens (including phenoxy) is 1. The number of nitrogens with one attached hydrogen (secondary N) is 1. The molecule has 0 saturated carbocycles. The van der Waals surface area contributed by atoms with Crippen molar-refractivity contribution in [3.8, 4) is 5.75 Å². The quantitative estimate of drug-likeness (QED) is 0.842. The van der Waals surface area contributed by atoms with Crippen molar-refractivity contribution in [2.24, 2.45) is 11.8 Å². The van der Waals surface area contributed by atoms with E-state index in [0.29, 0.717) is 50.0 Å². The summed E-state index contributed by atoms with van der Waals surface area (Å²) < 4.78 is 5.33. The monoisotopic (exact) mass is 387 g/mol. The molecule has 2 aliphatic heterocycles. The molecule has 154 valence electrons. The summed E-state index contributed by atoms with van der Waals surface area (Å²) in [6.45, 7) is 8.70. The molecule has 1 N–H and O–H groups in total. The second kappa shape index (κ2) is 9.41. The fourth-order valence-electron chi connectivity index (χ4n) is 4.28. The highest BCUT2D eigenvalue weighted by Crippen LogP contribution is 2.25. The molecule has 2 aliphatic rings. The van der Waals surface area contributed by atoms with E-state index in [0.717, 1.165) is 37.2 Å². The zero-order chi connectivity index (χ0) is 20.1. The van der Waals surface area contributed by atoms with Crippen molar-refractivity contribution in [2.75, 3.05) is 46.4 Å². The number of methoxy groups -OCH3 is 1. The minimum absolute atomic E-state index is 0.00785. The number of amides is 2. The van der Waals surface area contributed by atoms with Crippen molar-refractivity contribution in [3.63, 3.8) is 0 Å². The van der Waals surface area contributed by atoms with Crippen LogP contribution in [0.4, 0.5) is 0 Å². The third kappa shape index (κ3) is 4.85. The standard InChI is InChI=1S/C22H33N3O3/c1-16-4-5-19(15-20(16)28-3)22(27)25-12-10-24(11-13-25)21(26)14-17(2)18-6-8-23-9-7-18/h4-5,15,17-18,23H,6-14H2,1-3H3. The van der Waals surface area contributed by atoms with Gasteiger partial charge in [0.1, 0.15) is 5.75 Å². The van der Waals surface area contributed by atoms with Crippen LogP contribution >= 0.6 is 0 Å². The lowest BCUT2D eigenvalue weighted by Crippen LogP contribution is -2.51. The van der Waals surface area contributed by atoms with E-state index in [4.69, 9.17) is 4.74 Å². The third-order valence-electron chi connectivity index (χ3n) is 6.26. The van der Waals surface area contributed by atoms with E-state index in [2.05, 4.69) is 12.2 Å². The molecule has 6 heteroatoms. The SMILES string of the molecule is COc1cc(C(=O)N2CCN(C(=O)CC(C)C3CCNCC3)CC2)ccc1C. The molecule has 1 aromatic rings. The first-order valence-electron chi connectivity index (χ1n) is 10.4. The van der Waals surface area contributed by atoms with Crippen molar-refractivity contribution in [3.05, 3.63) is 29.3 Å². The first kappa shape index (κ1) is 20.6. The molecule has 0 bridgehead atoms. The molecular formula is C22H33N3O3. The fraction of sp³-hybridized carbons (Fsp3) is 0.636. The van der Waals surface area contributed by atoms with E-state index < -0.39 is 0 Å². The molecule has 2 fully saturated rings. The molecule has 2 amide bonds. The normalized spacial score (nSPS) is 19.4. The highest BCUT2D eigenvalue weighted by Gasteiger charge is 2.28. The topological polar surface area (TPSA) is 61.9 Å². The van der Waals surface area contributed by atoms with Crippen molar-refractivity contribution < 1.29 is 14.3 Å². The first-order chi connectivity index (χ1) is 13.5. The van der Waals surface area contributed by atoms with Gasteiger partial charge in [0.15, 0.2) is 0 Å². The number of piperazine rings is 1. The summed E-state index contributed by atoms with van der Waals surface area (Å²) in [7, 11) is 1.62. The summed E-state index contributed by atoms with van der Waals surface area (Å²) in [6, 6.07) is 5.56. The lowest BCUT2D eigenvalue weighted by Gasteiger charge is -2.36. The average molecular weight is 388 g/mol. The van der Waals surface area contributed by atoms with Crippen LogP contribution in [-0.2, 0) is 4.79 Å². The molecule has 0 aliphatic carbocycles. The van der Waals surface area contributed by atoms with Crippen LogP contribution in [0.25, 0.3) is 0 Å². The van der Waals surface area contributed by atoms with Crippen molar-refractivity contribution in [2.45, 2.75) is 33.1 Å². The molecule has 0 spiro atoms. The second-order valence-corrected chi connectivity index (χ2v) is 8.13. The van der Waals surface area contributed by atoms with Gasteiger partial charge in [-0.2, -0.15) is 0 Å². The second-order valence-electron chi connectivity index (χ2n) is 8.13. The number of aryl methyl sites for hydroxylation is 1. The smallest absolute Gasteiger partial charge is 0.254 e. The molecule has 1 unspecified atom stereocenters. The van der Waals surface area contributed by atoms with Gasteiger partial charge in [-0.25, -0.2) is 0 Å². The molecule has 3 rings (SSSR count). The van der Waals surface area contributed by atoms with Crippen LogP contribution in [0.2, 0.25) is 0 Å². The Balaban J connectivity index is 1.50. The number of carbonyl (C=O) groups is 2. The Morgan fingerprint density at radius 2 is 1.79 bits per heavy atom. The fourth-order valence-corrected chi connectivity index (χ4v) is 4.28. The summed E-state index contributed by atoms with van der Waals surface area (Å²) in [5.41, 5.74) is 1.65. The Morgan fingerprint density at radius 1 is 1.14 bits per heavy atom. The minimum Gasteiger partial charge on any atom is -0.496 e. The summed E-state index contributed by atoms with van der Waals surface area (Å²) in [4.78, 5) is 29.3. The van der Waals surface area contributed by atoms with E-state index in [1.807, 2.05) is 28.9 Å². The first-order valence-corrected chi connectivity index (χ1v) is 10.4. The van der Waals surface area contributed by atoms with Gasteiger partial charge in [-0.05, 0) is 62.4 Å². The maximum atomic E-state index is 12.8. The van der Waals surface area contributed by atoms with E-state index in [1.54, 1.807) is 13.2 Å². The van der Waals surface area contributed by atoms with Crippen LogP contribution in [0.15, 0.2) is 18.2 Å². The van der Waals surface area contributed by atoms with Gasteiger partial charge < -0.3 is 19.9 Å². The van der Waals surface area contributed by atoms with Crippen LogP contribution < -0.4 is 10.1 Å².